The Bertz CT molecular complexity index is 945. The summed E-state index contributed by atoms with van der Waals surface area (Å²) in [6.07, 6.45) is 0. The first-order chi connectivity index (χ1) is 13.8. The molecule has 0 atom stereocenters. The second kappa shape index (κ2) is 8.96. The zero-order valence-electron chi connectivity index (χ0n) is 16.3. The molecule has 0 saturated carbocycles. The fourth-order valence-corrected chi connectivity index (χ4v) is 4.51. The van der Waals surface area contributed by atoms with Crippen molar-refractivity contribution in [3.05, 3.63) is 42.5 Å². The van der Waals surface area contributed by atoms with Gasteiger partial charge in [0.1, 0.15) is 11.5 Å². The van der Waals surface area contributed by atoms with Crippen molar-refractivity contribution in [2.75, 3.05) is 44.7 Å². The largest absolute Gasteiger partial charge is 0.492 e. The van der Waals surface area contributed by atoms with Gasteiger partial charge in [-0.3, -0.25) is 0 Å². The lowest BCUT2D eigenvalue weighted by Crippen LogP contribution is -2.44. The Labute approximate surface area is 169 Å². The molecular formula is C20H24F2N2O4S. The van der Waals surface area contributed by atoms with Crippen LogP contribution in [0.1, 0.15) is 6.92 Å². The van der Waals surface area contributed by atoms with Crippen LogP contribution in [0.25, 0.3) is 0 Å². The first-order valence-electron chi connectivity index (χ1n) is 9.31. The molecule has 0 radical (unpaired) electrons. The second-order valence-electron chi connectivity index (χ2n) is 6.71. The molecule has 1 heterocycles. The first-order valence-corrected chi connectivity index (χ1v) is 10.8. The molecule has 2 aromatic carbocycles. The number of ether oxygens (including phenoxy) is 2. The minimum Gasteiger partial charge on any atom is -0.492 e. The third-order valence-electron chi connectivity index (χ3n) is 4.73. The van der Waals surface area contributed by atoms with Gasteiger partial charge in [-0.2, -0.15) is 8.78 Å². The van der Waals surface area contributed by atoms with Crippen LogP contribution in [-0.2, 0) is 9.84 Å². The Morgan fingerprint density at radius 3 is 2.38 bits per heavy atom. The van der Waals surface area contributed by atoms with Gasteiger partial charge in [0.25, 0.3) is 0 Å². The van der Waals surface area contributed by atoms with E-state index < -0.39 is 16.4 Å². The first kappa shape index (κ1) is 21.3. The average Bonchev–Trinajstić information content (AvgIpc) is 2.69. The van der Waals surface area contributed by atoms with Crippen LogP contribution >= 0.6 is 0 Å². The Balaban J connectivity index is 1.98. The Hall–Kier alpha value is -2.39. The highest BCUT2D eigenvalue weighted by atomic mass is 32.2. The summed E-state index contributed by atoms with van der Waals surface area (Å²) in [5.74, 6) is 0.414. The van der Waals surface area contributed by atoms with Crippen molar-refractivity contribution in [2.24, 2.45) is 0 Å². The number of rotatable bonds is 7. The van der Waals surface area contributed by atoms with Gasteiger partial charge in [0.15, 0.2) is 0 Å². The van der Waals surface area contributed by atoms with E-state index in [2.05, 4.69) is 14.5 Å². The number of anilines is 1. The molecule has 0 spiro atoms. The molecule has 0 bridgehead atoms. The van der Waals surface area contributed by atoms with Crippen molar-refractivity contribution in [3.8, 4) is 11.5 Å². The summed E-state index contributed by atoms with van der Waals surface area (Å²) in [6, 6.07) is 9.84. The second-order valence-corrected chi connectivity index (χ2v) is 8.66. The number of nitrogens with zero attached hydrogens (tertiary/aromatic N) is 2. The maximum atomic E-state index is 13.1. The summed E-state index contributed by atoms with van der Waals surface area (Å²) >= 11 is 0. The van der Waals surface area contributed by atoms with Gasteiger partial charge >= 0.3 is 6.61 Å². The molecule has 9 heteroatoms. The van der Waals surface area contributed by atoms with Crippen molar-refractivity contribution in [3.63, 3.8) is 0 Å². The summed E-state index contributed by atoms with van der Waals surface area (Å²) in [7, 11) is -1.88. The van der Waals surface area contributed by atoms with Crippen molar-refractivity contribution < 1.29 is 26.7 Å². The molecule has 1 aliphatic heterocycles. The number of halogens is 2. The summed E-state index contributed by atoms with van der Waals surface area (Å²) in [4.78, 5) is 4.26. The van der Waals surface area contributed by atoms with Crippen LogP contribution in [0.4, 0.5) is 14.5 Å². The molecule has 158 valence electrons. The number of hydrogen-bond acceptors (Lipinski definition) is 6. The van der Waals surface area contributed by atoms with Crippen molar-refractivity contribution >= 4 is 15.5 Å². The van der Waals surface area contributed by atoms with Crippen LogP contribution < -0.4 is 14.4 Å². The van der Waals surface area contributed by atoms with Gasteiger partial charge in [0.2, 0.25) is 9.84 Å². The van der Waals surface area contributed by atoms with Gasteiger partial charge in [0.05, 0.1) is 22.1 Å². The van der Waals surface area contributed by atoms with E-state index in [1.807, 2.05) is 14.0 Å². The van der Waals surface area contributed by atoms with Crippen LogP contribution in [0.15, 0.2) is 52.3 Å². The van der Waals surface area contributed by atoms with Gasteiger partial charge < -0.3 is 19.3 Å². The van der Waals surface area contributed by atoms with E-state index in [-0.39, 0.29) is 15.5 Å². The van der Waals surface area contributed by atoms with Gasteiger partial charge in [-0.15, -0.1) is 0 Å². The lowest BCUT2D eigenvalue weighted by molar-refractivity contribution is -0.0499. The zero-order valence-corrected chi connectivity index (χ0v) is 17.2. The number of alkyl halides is 2. The molecule has 0 N–H and O–H groups in total. The molecule has 2 aromatic rings. The van der Waals surface area contributed by atoms with E-state index >= 15 is 0 Å². The minimum absolute atomic E-state index is 0.0732. The molecule has 0 unspecified atom stereocenters. The lowest BCUT2D eigenvalue weighted by Gasteiger charge is -2.35. The summed E-state index contributed by atoms with van der Waals surface area (Å²) in [5.41, 5.74) is 0.709. The van der Waals surface area contributed by atoms with Gasteiger partial charge in [-0.1, -0.05) is 6.07 Å². The number of hydrogen-bond donors (Lipinski definition) is 0. The molecule has 29 heavy (non-hydrogen) atoms. The fraction of sp³-hybridized carbons (Fsp3) is 0.400. The summed E-state index contributed by atoms with van der Waals surface area (Å²) in [6.45, 7) is 2.51. The van der Waals surface area contributed by atoms with Gasteiger partial charge in [0, 0.05) is 26.2 Å². The Kier molecular flexibility index (Phi) is 6.59. The summed E-state index contributed by atoms with van der Waals surface area (Å²) in [5, 5.41) is 0. The van der Waals surface area contributed by atoms with Gasteiger partial charge in [-0.05, 0) is 50.4 Å². The van der Waals surface area contributed by atoms with E-state index in [4.69, 9.17) is 4.74 Å². The van der Waals surface area contributed by atoms with E-state index in [0.29, 0.717) is 18.0 Å². The SMILES string of the molecule is CCOc1ccc(S(=O)(=O)c2cccc(OC(F)F)c2)cc1N1CCN(C)CC1. The van der Waals surface area contributed by atoms with Crippen LogP contribution in [0.5, 0.6) is 11.5 Å². The van der Waals surface area contributed by atoms with Crippen LogP contribution in [0.3, 0.4) is 0 Å². The maximum absolute atomic E-state index is 13.1. The van der Waals surface area contributed by atoms with Crippen LogP contribution in [0.2, 0.25) is 0 Å². The molecule has 1 aliphatic rings. The normalized spacial score (nSPS) is 15.6. The molecule has 6 nitrogen and oxygen atoms in total. The standard InChI is InChI=1S/C20H24F2N2O4S/c1-3-27-19-8-7-17(14-18(19)24-11-9-23(2)10-12-24)29(25,26)16-6-4-5-15(13-16)28-20(21)22/h4-8,13-14,20H,3,9-12H2,1-2H3. The number of likely N-dealkylation sites (N-methyl/N-ethyl adjacent to an activating group) is 1. The Morgan fingerprint density at radius 2 is 1.72 bits per heavy atom. The predicted molar refractivity (Wildman–Crippen MR) is 106 cm³/mol. The molecule has 1 saturated heterocycles. The van der Waals surface area contributed by atoms with E-state index in [9.17, 15) is 17.2 Å². The number of sulfone groups is 1. The van der Waals surface area contributed by atoms with Gasteiger partial charge in [-0.25, -0.2) is 8.42 Å². The van der Waals surface area contributed by atoms with E-state index in [1.54, 1.807) is 12.1 Å². The molecular weight excluding hydrogens is 402 g/mol. The fourth-order valence-electron chi connectivity index (χ4n) is 3.19. The average molecular weight is 426 g/mol. The molecule has 0 aliphatic carbocycles. The Morgan fingerprint density at radius 1 is 1.03 bits per heavy atom. The quantitative estimate of drug-likeness (QED) is 0.677. The smallest absolute Gasteiger partial charge is 0.387 e. The van der Waals surface area contributed by atoms with E-state index in [0.717, 1.165) is 32.2 Å². The number of piperazine rings is 1. The van der Waals surface area contributed by atoms with Crippen molar-refractivity contribution in [1.82, 2.24) is 4.90 Å². The van der Waals surface area contributed by atoms with Crippen molar-refractivity contribution in [2.45, 2.75) is 23.3 Å². The lowest BCUT2D eigenvalue weighted by atomic mass is 10.2. The highest BCUT2D eigenvalue weighted by Gasteiger charge is 2.24. The molecule has 1 fully saturated rings. The third-order valence-corrected chi connectivity index (χ3v) is 6.47. The summed E-state index contributed by atoms with van der Waals surface area (Å²) < 4.78 is 61.2. The third kappa shape index (κ3) is 4.97. The van der Waals surface area contributed by atoms with Crippen LogP contribution in [-0.4, -0.2) is 59.8 Å². The van der Waals surface area contributed by atoms with Crippen molar-refractivity contribution in [1.29, 1.82) is 0 Å². The highest BCUT2D eigenvalue weighted by Crippen LogP contribution is 2.34. The minimum atomic E-state index is -3.92. The molecule has 0 aromatic heterocycles. The number of benzene rings is 2. The monoisotopic (exact) mass is 426 g/mol. The molecule has 0 amide bonds. The molecule has 3 rings (SSSR count). The predicted octanol–water partition coefficient (Wildman–Crippen LogP) is 3.27. The topological polar surface area (TPSA) is 59.1 Å². The zero-order chi connectivity index (χ0) is 21.0. The van der Waals surface area contributed by atoms with E-state index in [1.165, 1.54) is 24.3 Å². The highest BCUT2D eigenvalue weighted by molar-refractivity contribution is 7.91. The van der Waals surface area contributed by atoms with Crippen LogP contribution in [0, 0.1) is 0 Å². The maximum Gasteiger partial charge on any atom is 0.387 e.